The minimum Gasteiger partial charge on any atom is -0.409 e. The first kappa shape index (κ1) is 13.3. The highest BCUT2D eigenvalue weighted by Gasteiger charge is 2.52. The van der Waals surface area contributed by atoms with E-state index in [-0.39, 0.29) is 11.7 Å². The Morgan fingerprint density at radius 3 is 3.00 bits per heavy atom. The minimum absolute atomic E-state index is 0.0270. The zero-order chi connectivity index (χ0) is 13.9. The first-order valence-electron chi connectivity index (χ1n) is 6.10. The second kappa shape index (κ2) is 5.25. The van der Waals surface area contributed by atoms with Gasteiger partial charge >= 0.3 is 0 Å². The number of oxime groups is 1. The van der Waals surface area contributed by atoms with Crippen LogP contribution in [-0.2, 0) is 11.2 Å². The molecule has 0 bridgehead atoms. The van der Waals surface area contributed by atoms with Crippen molar-refractivity contribution in [2.75, 3.05) is 6.54 Å². The Morgan fingerprint density at radius 2 is 2.47 bits per heavy atom. The highest BCUT2D eigenvalue weighted by molar-refractivity contribution is 6.07. The monoisotopic (exact) mass is 267 g/mol. The molecule has 1 heterocycles. The van der Waals surface area contributed by atoms with Crippen molar-refractivity contribution in [2.45, 2.75) is 26.2 Å². The van der Waals surface area contributed by atoms with Crippen LogP contribution in [0.1, 0.15) is 25.7 Å². The summed E-state index contributed by atoms with van der Waals surface area (Å²) in [5.74, 6) is 0.600. The molecule has 0 unspecified atom stereocenters. The van der Waals surface area contributed by atoms with Crippen LogP contribution in [0, 0.1) is 11.3 Å². The summed E-state index contributed by atoms with van der Waals surface area (Å²) in [5, 5.41) is 18.0. The van der Waals surface area contributed by atoms with Gasteiger partial charge in [0.1, 0.15) is 5.41 Å². The third-order valence-electron chi connectivity index (χ3n) is 3.46. The largest absolute Gasteiger partial charge is 0.409 e. The Balaban J connectivity index is 1.90. The summed E-state index contributed by atoms with van der Waals surface area (Å²) < 4.78 is 4.83. The van der Waals surface area contributed by atoms with Gasteiger partial charge in [-0.15, -0.1) is 0 Å². The molecule has 4 N–H and O–H groups in total. The SMILES string of the molecule is CC1CC(C(=O)NCCc2ncno2)(C(N)=NO)C1. The van der Waals surface area contributed by atoms with Crippen LogP contribution < -0.4 is 11.1 Å². The van der Waals surface area contributed by atoms with Crippen LogP contribution >= 0.6 is 0 Å². The molecule has 1 amide bonds. The molecule has 0 spiro atoms. The molecule has 1 aromatic heterocycles. The number of amidine groups is 1. The van der Waals surface area contributed by atoms with Crippen molar-refractivity contribution >= 4 is 11.7 Å². The number of aromatic nitrogens is 2. The molecule has 1 aliphatic rings. The fourth-order valence-corrected chi connectivity index (χ4v) is 2.49. The van der Waals surface area contributed by atoms with Crippen molar-refractivity contribution in [1.29, 1.82) is 0 Å². The average Bonchev–Trinajstić information content (AvgIpc) is 2.86. The predicted molar refractivity (Wildman–Crippen MR) is 65.3 cm³/mol. The van der Waals surface area contributed by atoms with Crippen LogP contribution in [-0.4, -0.2) is 33.6 Å². The van der Waals surface area contributed by atoms with E-state index in [1.165, 1.54) is 6.33 Å². The highest BCUT2D eigenvalue weighted by Crippen LogP contribution is 2.45. The van der Waals surface area contributed by atoms with Crippen LogP contribution in [0.3, 0.4) is 0 Å². The third-order valence-corrected chi connectivity index (χ3v) is 3.46. The number of carbonyl (C=O) groups is 1. The van der Waals surface area contributed by atoms with E-state index in [0.29, 0.717) is 37.6 Å². The molecule has 2 rings (SSSR count). The number of nitrogens with zero attached hydrogens (tertiary/aromatic N) is 3. The van der Waals surface area contributed by atoms with Gasteiger partial charge < -0.3 is 20.8 Å². The van der Waals surface area contributed by atoms with E-state index in [4.69, 9.17) is 15.5 Å². The number of nitrogens with one attached hydrogen (secondary N) is 1. The summed E-state index contributed by atoms with van der Waals surface area (Å²) >= 11 is 0. The van der Waals surface area contributed by atoms with Crippen LogP contribution in [0.4, 0.5) is 0 Å². The molecule has 1 fully saturated rings. The molecule has 0 aliphatic heterocycles. The smallest absolute Gasteiger partial charge is 0.233 e. The molecule has 104 valence electrons. The van der Waals surface area contributed by atoms with E-state index in [2.05, 4.69) is 20.6 Å². The van der Waals surface area contributed by atoms with Gasteiger partial charge in [0, 0.05) is 13.0 Å². The number of rotatable bonds is 5. The maximum atomic E-state index is 12.2. The summed E-state index contributed by atoms with van der Waals surface area (Å²) in [5.41, 5.74) is 4.77. The molecule has 8 heteroatoms. The number of amides is 1. The molecule has 8 nitrogen and oxygen atoms in total. The summed E-state index contributed by atoms with van der Waals surface area (Å²) in [4.78, 5) is 16.0. The van der Waals surface area contributed by atoms with Crippen molar-refractivity contribution < 1.29 is 14.5 Å². The molecule has 0 saturated heterocycles. The molecule has 1 aliphatic carbocycles. The van der Waals surface area contributed by atoms with E-state index < -0.39 is 5.41 Å². The van der Waals surface area contributed by atoms with Crippen molar-refractivity contribution in [2.24, 2.45) is 22.2 Å². The Labute approximate surface area is 110 Å². The zero-order valence-electron chi connectivity index (χ0n) is 10.7. The number of hydrogen-bond donors (Lipinski definition) is 3. The van der Waals surface area contributed by atoms with E-state index in [0.717, 1.165) is 0 Å². The fraction of sp³-hybridized carbons (Fsp3) is 0.636. The first-order valence-corrected chi connectivity index (χ1v) is 6.10. The topological polar surface area (TPSA) is 127 Å². The second-order valence-corrected chi connectivity index (χ2v) is 4.92. The molecule has 0 aromatic carbocycles. The Hall–Kier alpha value is -2.12. The molecular weight excluding hydrogens is 250 g/mol. The predicted octanol–water partition coefficient (Wildman–Crippen LogP) is -0.109. The molecule has 19 heavy (non-hydrogen) atoms. The van der Waals surface area contributed by atoms with Gasteiger partial charge in [-0.2, -0.15) is 4.98 Å². The zero-order valence-corrected chi connectivity index (χ0v) is 10.7. The summed E-state index contributed by atoms with van der Waals surface area (Å²) in [6.45, 7) is 2.39. The summed E-state index contributed by atoms with van der Waals surface area (Å²) in [7, 11) is 0. The van der Waals surface area contributed by atoms with Crippen molar-refractivity contribution in [1.82, 2.24) is 15.5 Å². The Bertz CT molecular complexity index is 465. The molecule has 0 radical (unpaired) electrons. The lowest BCUT2D eigenvalue weighted by Crippen LogP contribution is -2.57. The van der Waals surface area contributed by atoms with E-state index in [1.54, 1.807) is 0 Å². The van der Waals surface area contributed by atoms with Crippen LogP contribution in [0.15, 0.2) is 16.0 Å². The normalized spacial score (nSPS) is 26.8. The van der Waals surface area contributed by atoms with Gasteiger partial charge in [-0.3, -0.25) is 4.79 Å². The van der Waals surface area contributed by atoms with Gasteiger partial charge in [0.15, 0.2) is 12.2 Å². The molecule has 1 saturated carbocycles. The van der Waals surface area contributed by atoms with Gasteiger partial charge in [0.2, 0.25) is 11.8 Å². The fourth-order valence-electron chi connectivity index (χ4n) is 2.49. The van der Waals surface area contributed by atoms with Crippen LogP contribution in [0.2, 0.25) is 0 Å². The average molecular weight is 267 g/mol. The Morgan fingerprint density at radius 1 is 1.74 bits per heavy atom. The van der Waals surface area contributed by atoms with E-state index in [1.807, 2.05) is 6.92 Å². The lowest BCUT2D eigenvalue weighted by molar-refractivity contribution is -0.133. The quantitative estimate of drug-likeness (QED) is 0.296. The Kier molecular flexibility index (Phi) is 3.68. The van der Waals surface area contributed by atoms with Gasteiger partial charge in [0.25, 0.3) is 0 Å². The minimum atomic E-state index is -0.872. The van der Waals surface area contributed by atoms with E-state index in [9.17, 15) is 4.79 Å². The number of hydrogen-bond acceptors (Lipinski definition) is 6. The lowest BCUT2D eigenvalue weighted by Gasteiger charge is -2.43. The van der Waals surface area contributed by atoms with Crippen molar-refractivity contribution in [3.8, 4) is 0 Å². The number of nitrogens with two attached hydrogens (primary N) is 1. The van der Waals surface area contributed by atoms with Crippen molar-refractivity contribution in [3.63, 3.8) is 0 Å². The van der Waals surface area contributed by atoms with Crippen LogP contribution in [0.25, 0.3) is 0 Å². The lowest BCUT2D eigenvalue weighted by atomic mass is 9.61. The molecule has 1 aromatic rings. The molecule has 0 atom stereocenters. The van der Waals surface area contributed by atoms with Crippen molar-refractivity contribution in [3.05, 3.63) is 12.2 Å². The van der Waals surface area contributed by atoms with Crippen LogP contribution in [0.5, 0.6) is 0 Å². The summed E-state index contributed by atoms with van der Waals surface area (Å²) in [6.07, 6.45) is 2.95. The molecular formula is C11H17N5O3. The summed E-state index contributed by atoms with van der Waals surface area (Å²) in [6, 6.07) is 0. The van der Waals surface area contributed by atoms with Gasteiger partial charge in [-0.05, 0) is 18.8 Å². The van der Waals surface area contributed by atoms with Gasteiger partial charge in [0.05, 0.1) is 0 Å². The standard InChI is InChI=1S/C11H17N5O3/c1-7-4-11(5-7,9(12)16-18)10(17)13-3-2-8-14-6-15-19-8/h6-7,18H,2-5H2,1H3,(H2,12,16)(H,13,17). The number of carbonyl (C=O) groups excluding carboxylic acids is 1. The third kappa shape index (κ3) is 2.51. The highest BCUT2D eigenvalue weighted by atomic mass is 16.5. The first-order chi connectivity index (χ1) is 9.08. The maximum absolute atomic E-state index is 12.2. The van der Waals surface area contributed by atoms with E-state index >= 15 is 0 Å². The van der Waals surface area contributed by atoms with Gasteiger partial charge in [-0.1, -0.05) is 17.2 Å². The maximum Gasteiger partial charge on any atom is 0.233 e. The second-order valence-electron chi connectivity index (χ2n) is 4.92. The van der Waals surface area contributed by atoms with Gasteiger partial charge in [-0.25, -0.2) is 0 Å².